The molecule has 8 rings (SSSR count). The van der Waals surface area contributed by atoms with Crippen LogP contribution in [-0.2, 0) is 55.2 Å². The number of anilines is 2. The van der Waals surface area contributed by atoms with Crippen molar-refractivity contribution < 1.29 is 19.4 Å². The van der Waals surface area contributed by atoms with Crippen molar-refractivity contribution in [3.05, 3.63) is 101 Å². The summed E-state index contributed by atoms with van der Waals surface area (Å²) >= 11 is 14.8. The molecule has 0 unspecified atom stereocenters. The van der Waals surface area contributed by atoms with Crippen LogP contribution in [0.5, 0.6) is 0 Å². The van der Waals surface area contributed by atoms with Gasteiger partial charge in [0.25, 0.3) is 11.8 Å². The fourth-order valence-electron chi connectivity index (χ4n) is 14.4. The number of rotatable bonds is 2. The van der Waals surface area contributed by atoms with Gasteiger partial charge in [-0.2, -0.15) is 0 Å². The number of hydrogen-bond donors (Lipinski definition) is 2. The minimum atomic E-state index is -0.278. The zero-order valence-electron chi connectivity index (χ0n) is 50.4. The van der Waals surface area contributed by atoms with Gasteiger partial charge in [0.05, 0.1) is 22.5 Å². The predicted octanol–water partition coefficient (Wildman–Crippen LogP) is 20.4. The van der Waals surface area contributed by atoms with Gasteiger partial charge in [0.2, 0.25) is 0 Å². The second-order valence-electron chi connectivity index (χ2n) is 25.7. The fraction of sp³-hybridized carbons (Fsp3) is 0.574. The van der Waals surface area contributed by atoms with E-state index < -0.39 is 0 Å². The second-order valence-corrected chi connectivity index (χ2v) is 96.4. The average molecular weight is 1770 g/mol. The number of aromatic nitrogens is 2. The van der Waals surface area contributed by atoms with E-state index in [9.17, 15) is 9.59 Å². The molecule has 4 heterocycles. The Bertz CT molecular complexity index is 3030. The summed E-state index contributed by atoms with van der Waals surface area (Å²) in [5.41, 5.74) is 28.8. The van der Waals surface area contributed by atoms with Gasteiger partial charge < -0.3 is 19.8 Å². The van der Waals surface area contributed by atoms with E-state index in [0.29, 0.717) is 0 Å². The van der Waals surface area contributed by atoms with Crippen molar-refractivity contribution >= 4 is 165 Å². The first kappa shape index (κ1) is 66.8. The number of benzene rings is 2. The van der Waals surface area contributed by atoms with Crippen LogP contribution >= 0.6 is 120 Å². The van der Waals surface area contributed by atoms with Gasteiger partial charge in [-0.1, -0.05) is 96.9 Å². The Labute approximate surface area is 529 Å². The first-order valence-corrected chi connectivity index (χ1v) is 53.0. The molecule has 0 saturated heterocycles. The van der Waals surface area contributed by atoms with Gasteiger partial charge >= 0.3 is 130 Å². The third-order valence-electron chi connectivity index (χ3n) is 21.8. The fourth-order valence-corrected chi connectivity index (χ4v) is 14.4. The normalized spacial score (nSPS) is 20.6. The van der Waals surface area contributed by atoms with E-state index in [-0.39, 0.29) is 59.6 Å². The number of halogens is 6. The molecule has 0 saturated carbocycles. The molecule has 14 heteroatoms. The Kier molecular flexibility index (Phi) is 20.0. The molecule has 2 aromatic heterocycles. The molecule has 2 aliphatic heterocycles. The third-order valence-corrected chi connectivity index (χ3v) is 21.8. The van der Waals surface area contributed by atoms with Gasteiger partial charge in [-0.3, -0.25) is 9.59 Å². The van der Waals surface area contributed by atoms with E-state index in [2.05, 4.69) is 334 Å². The molecule has 0 fully saturated rings. The quantitative estimate of drug-likeness (QED) is 0.155. The summed E-state index contributed by atoms with van der Waals surface area (Å²) in [4.78, 5) is 26.3. The number of allylic oxidation sites excluding steroid dienone is 2. The second kappa shape index (κ2) is 22.5. The monoisotopic (exact) mass is 1770 g/mol. The van der Waals surface area contributed by atoms with Crippen LogP contribution in [0.4, 0.5) is 11.4 Å². The molecule has 2 aliphatic carbocycles. The van der Waals surface area contributed by atoms with Gasteiger partial charge in [-0.25, -0.2) is 0 Å². The Hall–Kier alpha value is 0.969. The van der Waals surface area contributed by atoms with Crippen LogP contribution in [0.15, 0.2) is 0 Å². The van der Waals surface area contributed by atoms with E-state index in [4.69, 9.17) is 0 Å². The molecule has 2 amide bonds. The summed E-state index contributed by atoms with van der Waals surface area (Å²) in [6, 6.07) is 0. The molecule has 4 aromatic rings. The van der Waals surface area contributed by atoms with Crippen LogP contribution in [0, 0.1) is 85.5 Å². The maximum atomic E-state index is 13.5. The van der Waals surface area contributed by atoms with Crippen molar-refractivity contribution in [3.63, 3.8) is 0 Å². The molecule has 4 aliphatic rings. The number of hydrogen-bond acceptors (Lipinski definition) is 2. The molecule has 0 atom stereocenters. The van der Waals surface area contributed by atoms with E-state index in [1.807, 2.05) is 0 Å². The van der Waals surface area contributed by atoms with Crippen molar-refractivity contribution in [2.24, 2.45) is 30.3 Å². The van der Waals surface area contributed by atoms with Crippen molar-refractivity contribution in [1.29, 1.82) is 0 Å². The number of amides is 2. The van der Waals surface area contributed by atoms with E-state index >= 15 is 0 Å². The molecule has 2 aromatic carbocycles. The average Bonchev–Trinajstić information content (AvgIpc) is 4.00. The topological polar surface area (TPSA) is 68.1 Å². The van der Waals surface area contributed by atoms with Gasteiger partial charge in [-0.15, -0.1) is 0 Å². The van der Waals surface area contributed by atoms with E-state index in [1.54, 1.807) is 0 Å². The van der Waals surface area contributed by atoms with Gasteiger partial charge in [0.1, 0.15) is 0 Å². The molecule has 0 spiro atoms. The van der Waals surface area contributed by atoms with Crippen LogP contribution < -0.4 is 10.6 Å². The molecule has 2 N–H and O–H groups in total. The zero-order valence-corrected chi connectivity index (χ0v) is 66.1. The minimum absolute atomic E-state index is 0.0184. The Morgan fingerprint density at radius 1 is 0.387 bits per heavy atom. The summed E-state index contributed by atoms with van der Waals surface area (Å²) in [5, 5.41) is 6.43. The van der Waals surface area contributed by atoms with Crippen LogP contribution in [0.25, 0.3) is 22.3 Å². The number of nitrogens with zero attached hydrogens (tertiary/aromatic N) is 2. The Morgan fingerprint density at radius 2 is 0.627 bits per heavy atom. The maximum absolute atomic E-state index is 13.5. The summed E-state index contributed by atoms with van der Waals surface area (Å²) in [7, 11) is 4.40. The van der Waals surface area contributed by atoms with Crippen LogP contribution in [0.2, 0.25) is 0 Å². The van der Waals surface area contributed by atoms with Gasteiger partial charge in [0.15, 0.2) is 0 Å². The summed E-state index contributed by atoms with van der Waals surface area (Å²) in [6.45, 7) is 59.7. The Morgan fingerprint density at radius 3 is 0.920 bits per heavy atom. The summed E-state index contributed by atoms with van der Waals surface area (Å²) < 4.78 is 4.80. The first-order valence-electron chi connectivity index (χ1n) is 26.0. The molecular weight excluding hydrogens is 1680 g/mol. The Balaban J connectivity index is 0.000000243. The number of carbonyl (C=O) groups is 2. The van der Waals surface area contributed by atoms with E-state index in [1.165, 1.54) is 89.5 Å². The first-order chi connectivity index (χ1) is 33.7. The van der Waals surface area contributed by atoms with E-state index in [0.717, 1.165) is 44.8 Å². The van der Waals surface area contributed by atoms with Crippen molar-refractivity contribution in [1.82, 2.24) is 9.13 Å². The molecule has 0 bridgehead atoms. The third kappa shape index (κ3) is 10.2. The van der Waals surface area contributed by atoms with Crippen LogP contribution in [-0.4, -0.2) is 20.9 Å². The zero-order chi connectivity index (χ0) is 58.2. The van der Waals surface area contributed by atoms with Crippen LogP contribution in [0.1, 0.15) is 211 Å². The predicted molar refractivity (Wildman–Crippen MR) is 371 cm³/mol. The number of fused-ring (bicyclic) bond motifs is 4. The number of carbonyl (C=O) groups excluding carboxylic acids is 2. The van der Waals surface area contributed by atoms with Crippen LogP contribution in [0.3, 0.4) is 0 Å². The number of nitrogens with one attached hydrogen (secondary N) is 2. The van der Waals surface area contributed by atoms with Crippen molar-refractivity contribution in [3.8, 4) is 0 Å². The van der Waals surface area contributed by atoms with Gasteiger partial charge in [0, 0.05) is 58.8 Å². The SMILES string of the molecule is C/C(=C1/C(=O)Nc2c(C)c(C)c(C)c(C)c21)c1c(C)c2c(n1C)C(C)(C)C(C)(C)C(C)(C)C2(C)C.C/C(=C1/C(=O)Nc2c(C)c(C)c(C)c(C)c21)c1c(C)c2c(n1C)C(C)(C)C(C)(C)C2(C)C.[I][V]([I])[I].[I][V]([I])[I]. The van der Waals surface area contributed by atoms with Crippen molar-refractivity contribution in [2.45, 2.75) is 202 Å². The summed E-state index contributed by atoms with van der Waals surface area (Å²) in [6.07, 6.45) is 0. The summed E-state index contributed by atoms with van der Waals surface area (Å²) in [5.74, 6) is 0.0414. The molecule has 6 nitrogen and oxygen atoms in total. The molecule has 75 heavy (non-hydrogen) atoms. The molecular formula is C61H86I6N4O2V2. The molecule has 0 radical (unpaired) electrons. The van der Waals surface area contributed by atoms with Crippen molar-refractivity contribution in [2.75, 3.05) is 10.6 Å². The standard InChI is InChI=1S/C32H46N2O.C29H40N2O.6HI.2V/c1-16-17(2)19(4)25-22(18(16)3)23(28(35)33-25)20(5)26-21(6)24-27(34(26)15)30(9,10)32(13,14)31(11,12)29(24,7)8;1-14-15(2)17(4)23-20(16(14)3)21(26(32)30-23)18(5)24-19(6)22-25(31(24)13)28(9,10)29(11,12)27(22,7)8;;;;;;;;/h1-15H3,(H,33,35);1-13H3,(H,30,32);6*1H;;/q;;;;;;;;2*+3/p-6/b23-20-;21-18-;;;;;;;;. The van der Waals surface area contributed by atoms with Gasteiger partial charge in [-0.05, 0) is 188 Å². The molecule has 414 valence electrons.